The molecule has 2 amide bonds. The van der Waals surface area contributed by atoms with E-state index >= 15 is 0 Å². The number of nitrogens with one attached hydrogen (secondary N) is 1. The maximum atomic E-state index is 13.3. The summed E-state index contributed by atoms with van der Waals surface area (Å²) in [4.78, 5) is 37.7. The van der Waals surface area contributed by atoms with Crippen LogP contribution in [0.4, 0.5) is 16.3 Å². The highest BCUT2D eigenvalue weighted by Gasteiger charge is 2.28. The SMILES string of the molecule is CSc1ncc2c(n1)N(C)CCN(c1cccc(OCCCNC(=O)OCc3ccccc3)c1)C2=O. The van der Waals surface area contributed by atoms with E-state index in [-0.39, 0.29) is 12.5 Å². The number of nitrogens with zero attached hydrogens (tertiary/aromatic N) is 4. The zero-order valence-corrected chi connectivity index (χ0v) is 21.2. The number of benzene rings is 2. The minimum atomic E-state index is -0.459. The summed E-state index contributed by atoms with van der Waals surface area (Å²) in [6, 6.07) is 17.0. The average Bonchev–Trinajstić information content (AvgIpc) is 3.03. The van der Waals surface area contributed by atoms with Crippen LogP contribution in [0.25, 0.3) is 0 Å². The van der Waals surface area contributed by atoms with E-state index in [4.69, 9.17) is 9.47 Å². The normalized spacial score (nSPS) is 13.1. The number of hydrogen-bond acceptors (Lipinski definition) is 8. The number of ether oxygens (including phenoxy) is 2. The molecule has 0 unspecified atom stereocenters. The lowest BCUT2D eigenvalue weighted by molar-refractivity contribution is 0.0989. The second kappa shape index (κ2) is 12.3. The van der Waals surface area contributed by atoms with Gasteiger partial charge in [-0.2, -0.15) is 0 Å². The topological polar surface area (TPSA) is 96.9 Å². The number of carbonyl (C=O) groups is 2. The molecule has 3 aromatic rings. The largest absolute Gasteiger partial charge is 0.493 e. The van der Waals surface area contributed by atoms with Gasteiger partial charge in [-0.1, -0.05) is 48.2 Å². The minimum absolute atomic E-state index is 0.141. The molecule has 0 radical (unpaired) electrons. The molecule has 188 valence electrons. The summed E-state index contributed by atoms with van der Waals surface area (Å²) < 4.78 is 11.1. The molecule has 1 N–H and O–H groups in total. The van der Waals surface area contributed by atoms with E-state index in [9.17, 15) is 9.59 Å². The Labute approximate surface area is 214 Å². The van der Waals surface area contributed by atoms with Crippen LogP contribution in [0, 0.1) is 0 Å². The van der Waals surface area contributed by atoms with Crippen molar-refractivity contribution in [2.45, 2.75) is 18.2 Å². The second-order valence-corrected chi connectivity index (χ2v) is 8.93. The van der Waals surface area contributed by atoms with Crippen LogP contribution < -0.4 is 19.9 Å². The Bertz CT molecular complexity index is 1190. The Balaban J connectivity index is 1.28. The van der Waals surface area contributed by atoms with Gasteiger partial charge in [-0.3, -0.25) is 4.79 Å². The maximum Gasteiger partial charge on any atom is 0.407 e. The van der Waals surface area contributed by atoms with Gasteiger partial charge in [0.2, 0.25) is 0 Å². The van der Waals surface area contributed by atoms with Crippen molar-refractivity contribution in [3.63, 3.8) is 0 Å². The van der Waals surface area contributed by atoms with Crippen molar-refractivity contribution in [2.24, 2.45) is 0 Å². The highest BCUT2D eigenvalue weighted by molar-refractivity contribution is 7.98. The van der Waals surface area contributed by atoms with Crippen LogP contribution in [0.15, 0.2) is 66.0 Å². The average molecular weight is 508 g/mol. The number of fused-ring (bicyclic) bond motifs is 1. The Morgan fingerprint density at radius 3 is 2.78 bits per heavy atom. The van der Waals surface area contributed by atoms with Gasteiger partial charge in [-0.15, -0.1) is 0 Å². The highest BCUT2D eigenvalue weighted by atomic mass is 32.2. The number of likely N-dealkylation sites (N-methyl/N-ethyl adjacent to an activating group) is 1. The van der Waals surface area contributed by atoms with E-state index in [1.807, 2.05) is 72.8 Å². The standard InChI is InChI=1S/C26H29N5O4S/c1-30-13-14-31(24(32)22-17-28-25(36-2)29-23(22)30)20-10-6-11-21(16-20)34-15-7-12-27-26(33)35-18-19-8-4-3-5-9-19/h3-6,8-11,16-17H,7,12-15,18H2,1-2H3,(H,27,33). The molecule has 0 fully saturated rings. The highest BCUT2D eigenvalue weighted by Crippen LogP contribution is 2.28. The zero-order chi connectivity index (χ0) is 25.3. The molecule has 2 aromatic carbocycles. The van der Waals surface area contributed by atoms with Crippen LogP contribution in [-0.4, -0.2) is 61.5 Å². The molecule has 1 aliphatic heterocycles. The number of rotatable bonds is 9. The van der Waals surface area contributed by atoms with Gasteiger partial charge >= 0.3 is 6.09 Å². The molecule has 4 rings (SSSR count). The smallest absolute Gasteiger partial charge is 0.407 e. The van der Waals surface area contributed by atoms with Gasteiger partial charge in [-0.25, -0.2) is 14.8 Å². The van der Waals surface area contributed by atoms with E-state index in [2.05, 4.69) is 15.3 Å². The second-order valence-electron chi connectivity index (χ2n) is 8.16. The molecule has 9 nitrogen and oxygen atoms in total. The fourth-order valence-corrected chi connectivity index (χ4v) is 4.05. The zero-order valence-electron chi connectivity index (χ0n) is 20.3. The van der Waals surface area contributed by atoms with Crippen LogP contribution in [0.3, 0.4) is 0 Å². The van der Waals surface area contributed by atoms with Crippen LogP contribution in [0.1, 0.15) is 22.3 Å². The molecule has 0 bridgehead atoms. The van der Waals surface area contributed by atoms with Crippen molar-refractivity contribution < 1.29 is 19.1 Å². The number of anilines is 2. The summed E-state index contributed by atoms with van der Waals surface area (Å²) in [6.07, 6.45) is 3.66. The third-order valence-corrected chi connectivity index (χ3v) is 6.19. The van der Waals surface area contributed by atoms with Crippen molar-refractivity contribution in [1.29, 1.82) is 0 Å². The van der Waals surface area contributed by atoms with E-state index in [0.717, 1.165) is 11.3 Å². The number of thioether (sulfide) groups is 1. The van der Waals surface area contributed by atoms with Gasteiger partial charge in [0.1, 0.15) is 23.7 Å². The van der Waals surface area contributed by atoms with E-state index < -0.39 is 6.09 Å². The Morgan fingerprint density at radius 1 is 1.14 bits per heavy atom. The molecular weight excluding hydrogens is 478 g/mol. The quantitative estimate of drug-likeness (QED) is 0.264. The lowest BCUT2D eigenvalue weighted by Crippen LogP contribution is -2.33. The van der Waals surface area contributed by atoms with Gasteiger partial charge in [0.15, 0.2) is 5.16 Å². The predicted octanol–water partition coefficient (Wildman–Crippen LogP) is 3.99. The molecule has 0 saturated heterocycles. The van der Waals surface area contributed by atoms with E-state index in [1.54, 1.807) is 11.1 Å². The summed E-state index contributed by atoms with van der Waals surface area (Å²) in [6.45, 7) is 2.22. The number of alkyl carbamates (subject to hydrolysis) is 1. The van der Waals surface area contributed by atoms with Crippen molar-refractivity contribution in [2.75, 3.05) is 49.3 Å². The van der Waals surface area contributed by atoms with Gasteiger partial charge in [-0.05, 0) is 30.4 Å². The molecule has 0 saturated carbocycles. The first-order valence-electron chi connectivity index (χ1n) is 11.7. The van der Waals surface area contributed by atoms with Gasteiger partial charge in [0, 0.05) is 44.6 Å². The first-order valence-corrected chi connectivity index (χ1v) is 12.9. The Hall–Kier alpha value is -3.79. The van der Waals surface area contributed by atoms with Gasteiger partial charge in [0.25, 0.3) is 5.91 Å². The molecule has 1 aliphatic rings. The summed E-state index contributed by atoms with van der Waals surface area (Å²) >= 11 is 1.44. The molecule has 0 aliphatic carbocycles. The third-order valence-electron chi connectivity index (χ3n) is 5.63. The first kappa shape index (κ1) is 25.3. The number of hydrogen-bond donors (Lipinski definition) is 1. The number of carbonyl (C=O) groups excluding carboxylic acids is 2. The third kappa shape index (κ3) is 6.45. The Kier molecular flexibility index (Phi) is 8.62. The fraction of sp³-hybridized carbons (Fsp3) is 0.308. The van der Waals surface area contributed by atoms with Gasteiger partial charge < -0.3 is 24.6 Å². The summed E-state index contributed by atoms with van der Waals surface area (Å²) in [5, 5.41) is 3.36. The lowest BCUT2D eigenvalue weighted by Gasteiger charge is -2.21. The summed E-state index contributed by atoms with van der Waals surface area (Å²) in [7, 11) is 1.93. The molecular formula is C26H29N5O4S. The summed E-state index contributed by atoms with van der Waals surface area (Å²) in [5.74, 6) is 1.15. The molecule has 0 atom stereocenters. The number of aromatic nitrogens is 2. The molecule has 0 spiro atoms. The molecule has 10 heteroatoms. The number of amides is 2. The van der Waals surface area contributed by atoms with Crippen LogP contribution >= 0.6 is 11.8 Å². The lowest BCUT2D eigenvalue weighted by atomic mass is 10.2. The first-order chi connectivity index (χ1) is 17.5. The summed E-state index contributed by atoms with van der Waals surface area (Å²) in [5.41, 5.74) is 2.16. The molecule has 1 aromatic heterocycles. The molecule has 36 heavy (non-hydrogen) atoms. The van der Waals surface area contributed by atoms with Gasteiger partial charge in [0.05, 0.1) is 6.61 Å². The van der Waals surface area contributed by atoms with Crippen molar-refractivity contribution >= 4 is 35.3 Å². The van der Waals surface area contributed by atoms with Crippen LogP contribution in [0.2, 0.25) is 0 Å². The monoisotopic (exact) mass is 507 g/mol. The van der Waals surface area contributed by atoms with Crippen molar-refractivity contribution in [1.82, 2.24) is 15.3 Å². The van der Waals surface area contributed by atoms with Crippen molar-refractivity contribution in [3.8, 4) is 5.75 Å². The molecule has 2 heterocycles. The maximum absolute atomic E-state index is 13.3. The predicted molar refractivity (Wildman–Crippen MR) is 140 cm³/mol. The van der Waals surface area contributed by atoms with E-state index in [1.165, 1.54) is 11.8 Å². The fourth-order valence-electron chi connectivity index (χ4n) is 3.71. The van der Waals surface area contributed by atoms with Crippen LogP contribution in [0.5, 0.6) is 5.75 Å². The van der Waals surface area contributed by atoms with Crippen molar-refractivity contribution in [3.05, 3.63) is 71.9 Å². The Morgan fingerprint density at radius 2 is 1.97 bits per heavy atom. The minimum Gasteiger partial charge on any atom is -0.493 e. The van der Waals surface area contributed by atoms with E-state index in [0.29, 0.717) is 54.9 Å². The van der Waals surface area contributed by atoms with Crippen LogP contribution in [-0.2, 0) is 11.3 Å².